The maximum absolute atomic E-state index is 14.2. The van der Waals surface area contributed by atoms with E-state index in [1.54, 1.807) is 52.3 Å². The van der Waals surface area contributed by atoms with Crippen LogP contribution < -0.4 is 24.8 Å². The summed E-state index contributed by atoms with van der Waals surface area (Å²) in [5, 5.41) is 6.33. The third kappa shape index (κ3) is 6.97. The van der Waals surface area contributed by atoms with Crippen molar-refractivity contribution in [2.45, 2.75) is 75.4 Å². The number of nitrogens with one attached hydrogen (secondary N) is 3. The Balaban J connectivity index is 1.44. The zero-order chi connectivity index (χ0) is 34.3. The van der Waals surface area contributed by atoms with E-state index in [2.05, 4.69) is 33.5 Å². The van der Waals surface area contributed by atoms with Crippen molar-refractivity contribution in [2.75, 3.05) is 13.7 Å². The van der Waals surface area contributed by atoms with E-state index < -0.39 is 74.0 Å². The molecule has 3 aliphatic rings. The van der Waals surface area contributed by atoms with Gasteiger partial charge in [-0.05, 0) is 60.4 Å². The minimum Gasteiger partial charge on any atom is -0.497 e. The highest BCUT2D eigenvalue weighted by molar-refractivity contribution is 7.91. The predicted octanol–water partition coefficient (Wildman–Crippen LogP) is 1.98. The van der Waals surface area contributed by atoms with Crippen LogP contribution >= 0.6 is 0 Å². The van der Waals surface area contributed by atoms with Crippen LogP contribution in [-0.2, 0) is 29.2 Å². The highest BCUT2D eigenvalue weighted by atomic mass is 32.2. The summed E-state index contributed by atoms with van der Waals surface area (Å²) in [6, 6.07) is 5.06. The van der Waals surface area contributed by atoms with E-state index in [0.29, 0.717) is 29.9 Å². The van der Waals surface area contributed by atoms with E-state index in [1.807, 2.05) is 6.07 Å². The number of hydrogen-bond donors (Lipinski definition) is 3. The Hall–Kier alpha value is -4.46. The lowest BCUT2D eigenvalue weighted by Gasteiger charge is -2.35. The molecule has 0 radical (unpaired) electrons. The Kier molecular flexibility index (Phi) is 9.10. The van der Waals surface area contributed by atoms with Crippen LogP contribution in [0.5, 0.6) is 11.6 Å². The molecule has 1 aromatic heterocycles. The minimum atomic E-state index is -3.88. The fourth-order valence-electron chi connectivity index (χ4n) is 5.92. The van der Waals surface area contributed by atoms with Crippen molar-refractivity contribution >= 4 is 44.4 Å². The van der Waals surface area contributed by atoms with Crippen LogP contribution in [0.3, 0.4) is 0 Å². The molecule has 1 saturated heterocycles. The number of carbonyl (C=O) groups is 4. The molecule has 1 aromatic carbocycles. The fraction of sp³-hybridized carbons (Fsp3) is 0.485. The van der Waals surface area contributed by atoms with Crippen molar-refractivity contribution in [3.8, 4) is 11.6 Å². The average Bonchev–Trinajstić information content (AvgIpc) is 3.95. The van der Waals surface area contributed by atoms with Crippen LogP contribution in [0, 0.1) is 11.3 Å². The summed E-state index contributed by atoms with van der Waals surface area (Å²) >= 11 is 0. The van der Waals surface area contributed by atoms with Gasteiger partial charge >= 0.3 is 0 Å². The molecule has 3 N–H and O–H groups in total. The Bertz CT molecular complexity index is 1730. The molecule has 5 rings (SSSR count). The van der Waals surface area contributed by atoms with Crippen molar-refractivity contribution in [3.63, 3.8) is 0 Å². The van der Waals surface area contributed by atoms with E-state index in [-0.39, 0.29) is 19.4 Å². The van der Waals surface area contributed by atoms with Gasteiger partial charge in [-0.15, -0.1) is 6.58 Å². The van der Waals surface area contributed by atoms with Gasteiger partial charge in [-0.3, -0.25) is 23.9 Å². The molecular formula is C33H41N5O8S. The van der Waals surface area contributed by atoms with Crippen LogP contribution in [0.25, 0.3) is 10.8 Å². The fourth-order valence-corrected chi connectivity index (χ4v) is 7.28. The smallest absolute Gasteiger partial charge is 0.259 e. The summed E-state index contributed by atoms with van der Waals surface area (Å²) in [5.41, 5.74) is -2.29. The summed E-state index contributed by atoms with van der Waals surface area (Å²) in [5.74, 6) is -2.14. The van der Waals surface area contributed by atoms with Crippen molar-refractivity contribution in [1.82, 2.24) is 25.2 Å². The molecule has 3 fully saturated rings. The first kappa shape index (κ1) is 33.9. The molecule has 1 aliphatic heterocycles. The quantitative estimate of drug-likeness (QED) is 0.226. The number of sulfonamides is 1. The summed E-state index contributed by atoms with van der Waals surface area (Å²) in [4.78, 5) is 59.7. The molecule has 13 nitrogen and oxygen atoms in total. The third-order valence-electron chi connectivity index (χ3n) is 8.90. The lowest BCUT2D eigenvalue weighted by molar-refractivity contribution is -0.144. The van der Waals surface area contributed by atoms with Crippen molar-refractivity contribution < 1.29 is 37.1 Å². The van der Waals surface area contributed by atoms with Gasteiger partial charge in [0.05, 0.1) is 18.9 Å². The Morgan fingerprint density at radius 1 is 1.15 bits per heavy atom. The molecule has 252 valence electrons. The van der Waals surface area contributed by atoms with Gasteiger partial charge in [-0.1, -0.05) is 33.4 Å². The third-order valence-corrected chi connectivity index (χ3v) is 10.7. The van der Waals surface area contributed by atoms with Gasteiger partial charge in [0.25, 0.3) is 5.91 Å². The average molecular weight is 668 g/mol. The number of carbonyl (C=O) groups excluding carboxylic acids is 4. The Labute approximate surface area is 274 Å². The number of ether oxygens (including phenoxy) is 2. The maximum atomic E-state index is 14.2. The van der Waals surface area contributed by atoms with Crippen molar-refractivity contribution in [2.24, 2.45) is 11.3 Å². The van der Waals surface area contributed by atoms with Gasteiger partial charge < -0.3 is 25.0 Å². The number of nitrogens with zero attached hydrogens (tertiary/aromatic N) is 2. The van der Waals surface area contributed by atoms with Crippen molar-refractivity contribution in [1.29, 1.82) is 0 Å². The van der Waals surface area contributed by atoms with E-state index in [9.17, 15) is 27.6 Å². The molecule has 4 amide bonds. The number of likely N-dealkylation sites (tertiary alicyclic amines) is 1. The highest BCUT2D eigenvalue weighted by Gasteiger charge is 2.62. The molecule has 0 bridgehead atoms. The zero-order valence-corrected chi connectivity index (χ0v) is 27.8. The van der Waals surface area contributed by atoms with E-state index in [1.165, 1.54) is 11.0 Å². The molecule has 2 saturated carbocycles. The van der Waals surface area contributed by atoms with Crippen LogP contribution in [-0.4, -0.2) is 84.6 Å². The Morgan fingerprint density at radius 3 is 2.47 bits per heavy atom. The van der Waals surface area contributed by atoms with E-state index in [0.717, 1.165) is 11.5 Å². The second kappa shape index (κ2) is 12.6. The molecule has 47 heavy (non-hydrogen) atoms. The SMILES string of the molecule is C=CC(=O)N[C@H](C(=O)N1C[C@H](Oc2nccc3cc(OC)ccc23)C[C@H]1C(=O)N[C@]1(C(=O)NS(=O)(=O)C2CC2)C[C@H]1C=C)C(C)(C)C. The van der Waals surface area contributed by atoms with Crippen LogP contribution in [0.15, 0.2) is 55.8 Å². The number of methoxy groups -OCH3 is 1. The molecule has 2 aliphatic carbocycles. The molecule has 0 unspecified atom stereocenters. The second-order valence-corrected chi connectivity index (χ2v) is 15.3. The summed E-state index contributed by atoms with van der Waals surface area (Å²) < 4.78 is 39.0. The monoisotopic (exact) mass is 667 g/mol. The molecule has 14 heteroatoms. The second-order valence-electron chi connectivity index (χ2n) is 13.4. The first-order valence-electron chi connectivity index (χ1n) is 15.5. The molecule has 2 aromatic rings. The Morgan fingerprint density at radius 2 is 1.87 bits per heavy atom. The number of amides is 4. The molecule has 0 spiro atoms. The zero-order valence-electron chi connectivity index (χ0n) is 26.9. The minimum absolute atomic E-state index is 0.0260. The maximum Gasteiger partial charge on any atom is 0.259 e. The summed E-state index contributed by atoms with van der Waals surface area (Å²) in [7, 11) is -2.31. The summed E-state index contributed by atoms with van der Waals surface area (Å²) in [6.45, 7) is 12.6. The van der Waals surface area contributed by atoms with Gasteiger partial charge in [0.1, 0.15) is 29.5 Å². The van der Waals surface area contributed by atoms with Gasteiger partial charge in [-0.25, -0.2) is 13.4 Å². The van der Waals surface area contributed by atoms with Crippen LogP contribution in [0.2, 0.25) is 0 Å². The lowest BCUT2D eigenvalue weighted by atomic mass is 9.85. The van der Waals surface area contributed by atoms with Gasteiger partial charge in [0, 0.05) is 23.9 Å². The number of fused-ring (bicyclic) bond motifs is 1. The topological polar surface area (TPSA) is 173 Å². The molecule has 2 heterocycles. The standard InChI is InChI=1S/C33H41N5O8S/c1-7-20-17-33(20,31(42)37-47(43,44)23-10-11-23)36-28(40)25-16-22(18-38(25)30(41)27(32(3,4)5)35-26(39)8-2)46-29-24-12-9-21(45-6)15-19(24)13-14-34-29/h7-9,12-15,20,22-23,25,27H,1-2,10-11,16-18H2,3-6H3,(H,35,39)(H,36,40)(H,37,42)/t20-,22-,25+,27-,33-/m1/s1. The number of aromatic nitrogens is 1. The van der Waals surface area contributed by atoms with E-state index >= 15 is 0 Å². The first-order chi connectivity index (χ1) is 22.1. The largest absolute Gasteiger partial charge is 0.497 e. The normalized spacial score (nSPS) is 24.5. The van der Waals surface area contributed by atoms with Crippen LogP contribution in [0.1, 0.15) is 46.5 Å². The molecule has 5 atom stereocenters. The lowest BCUT2D eigenvalue weighted by Crippen LogP contribution is -2.60. The van der Waals surface area contributed by atoms with E-state index in [4.69, 9.17) is 9.47 Å². The van der Waals surface area contributed by atoms with Crippen molar-refractivity contribution in [3.05, 3.63) is 55.8 Å². The molecular weight excluding hydrogens is 626 g/mol. The van der Waals surface area contributed by atoms with Gasteiger partial charge in [0.2, 0.25) is 33.6 Å². The number of hydrogen-bond acceptors (Lipinski definition) is 9. The van der Waals surface area contributed by atoms with Crippen LogP contribution in [0.4, 0.5) is 0 Å². The highest BCUT2D eigenvalue weighted by Crippen LogP contribution is 2.45. The summed E-state index contributed by atoms with van der Waals surface area (Å²) in [6.07, 6.45) is 4.56. The number of rotatable bonds is 12. The van der Waals surface area contributed by atoms with Gasteiger partial charge in [-0.2, -0.15) is 0 Å². The van der Waals surface area contributed by atoms with Gasteiger partial charge in [0.15, 0.2) is 0 Å². The first-order valence-corrected chi connectivity index (χ1v) is 17.0. The predicted molar refractivity (Wildman–Crippen MR) is 174 cm³/mol. The number of benzene rings is 1. The number of pyridine rings is 1.